The van der Waals surface area contributed by atoms with Crippen molar-refractivity contribution in [2.24, 2.45) is 4.99 Å². The molecule has 0 aliphatic heterocycles. The molecular formula is C13H24IN3OS. The van der Waals surface area contributed by atoms with Crippen LogP contribution in [0.15, 0.2) is 27.8 Å². The summed E-state index contributed by atoms with van der Waals surface area (Å²) in [5.74, 6) is 2.92. The zero-order valence-corrected chi connectivity index (χ0v) is 15.0. The molecule has 0 aliphatic carbocycles. The fourth-order valence-corrected chi connectivity index (χ4v) is 1.71. The van der Waals surface area contributed by atoms with Crippen molar-refractivity contribution in [2.75, 3.05) is 25.1 Å². The monoisotopic (exact) mass is 397 g/mol. The van der Waals surface area contributed by atoms with Crippen molar-refractivity contribution < 1.29 is 4.42 Å². The summed E-state index contributed by atoms with van der Waals surface area (Å²) in [6.45, 7) is 5.88. The Bertz CT molecular complexity index is 342. The van der Waals surface area contributed by atoms with Crippen LogP contribution in [0.25, 0.3) is 0 Å². The standard InChI is InChI=1S/C13H23N3OS.HI/c1-11(2)16-13(15-8-10-18-3)14-7-6-12-5-4-9-17-12;/h4-5,9,11H,6-8,10H2,1-3H3,(H2,14,15,16);1H. The van der Waals surface area contributed by atoms with Crippen LogP contribution < -0.4 is 10.6 Å². The van der Waals surface area contributed by atoms with Gasteiger partial charge in [0.2, 0.25) is 0 Å². The van der Waals surface area contributed by atoms with Gasteiger partial charge in [0.05, 0.1) is 12.8 Å². The molecule has 0 aliphatic rings. The van der Waals surface area contributed by atoms with Crippen LogP contribution in [-0.2, 0) is 6.42 Å². The first-order valence-electron chi connectivity index (χ1n) is 6.28. The van der Waals surface area contributed by atoms with Crippen molar-refractivity contribution >= 4 is 41.7 Å². The van der Waals surface area contributed by atoms with Crippen LogP contribution in [0.2, 0.25) is 0 Å². The van der Waals surface area contributed by atoms with Crippen molar-refractivity contribution in [2.45, 2.75) is 26.3 Å². The van der Waals surface area contributed by atoms with E-state index in [-0.39, 0.29) is 24.0 Å². The summed E-state index contributed by atoms with van der Waals surface area (Å²) >= 11 is 1.81. The number of thioether (sulfide) groups is 1. The number of rotatable bonds is 7. The molecule has 0 amide bonds. The van der Waals surface area contributed by atoms with Gasteiger partial charge in [-0.15, -0.1) is 24.0 Å². The minimum absolute atomic E-state index is 0. The van der Waals surface area contributed by atoms with Crippen molar-refractivity contribution in [3.63, 3.8) is 0 Å². The van der Waals surface area contributed by atoms with Gasteiger partial charge in [-0.1, -0.05) is 0 Å². The Kier molecular flexibility index (Phi) is 11.2. The number of halogens is 1. The third-order valence-corrected chi connectivity index (χ3v) is 2.83. The van der Waals surface area contributed by atoms with Crippen molar-refractivity contribution in [1.29, 1.82) is 0 Å². The second-order valence-electron chi connectivity index (χ2n) is 4.28. The molecule has 0 saturated heterocycles. The molecule has 1 heterocycles. The third kappa shape index (κ3) is 9.21. The predicted octanol–water partition coefficient (Wildman–Crippen LogP) is 2.75. The van der Waals surface area contributed by atoms with E-state index < -0.39 is 0 Å². The molecule has 1 aromatic rings. The van der Waals surface area contributed by atoms with Gasteiger partial charge in [0.25, 0.3) is 0 Å². The van der Waals surface area contributed by atoms with Gasteiger partial charge in [-0.3, -0.25) is 4.99 Å². The summed E-state index contributed by atoms with van der Waals surface area (Å²) in [6, 6.07) is 4.28. The molecule has 0 bridgehead atoms. The SMILES string of the molecule is CSCCN=C(NCCc1ccco1)NC(C)C.I. The molecule has 6 heteroatoms. The zero-order valence-electron chi connectivity index (χ0n) is 11.8. The van der Waals surface area contributed by atoms with Crippen molar-refractivity contribution in [3.8, 4) is 0 Å². The molecule has 0 fully saturated rings. The maximum absolute atomic E-state index is 5.29. The minimum Gasteiger partial charge on any atom is -0.469 e. The molecule has 0 atom stereocenters. The van der Waals surface area contributed by atoms with Crippen LogP contribution in [0.4, 0.5) is 0 Å². The highest BCUT2D eigenvalue weighted by atomic mass is 127. The Balaban J connectivity index is 0.00000324. The number of nitrogens with zero attached hydrogens (tertiary/aromatic N) is 1. The van der Waals surface area contributed by atoms with Gasteiger partial charge in [-0.05, 0) is 32.2 Å². The third-order valence-electron chi connectivity index (χ3n) is 2.23. The predicted molar refractivity (Wildman–Crippen MR) is 94.8 cm³/mol. The number of hydrogen-bond acceptors (Lipinski definition) is 3. The van der Waals surface area contributed by atoms with Gasteiger partial charge in [0.15, 0.2) is 5.96 Å². The molecule has 2 N–H and O–H groups in total. The van der Waals surface area contributed by atoms with Crippen molar-refractivity contribution in [1.82, 2.24) is 10.6 Å². The number of guanidine groups is 1. The summed E-state index contributed by atoms with van der Waals surface area (Å²) < 4.78 is 5.29. The first-order valence-corrected chi connectivity index (χ1v) is 7.68. The van der Waals surface area contributed by atoms with Gasteiger partial charge < -0.3 is 15.1 Å². The Morgan fingerprint density at radius 1 is 1.47 bits per heavy atom. The minimum atomic E-state index is 0. The quantitative estimate of drug-likeness (QED) is 0.322. The lowest BCUT2D eigenvalue weighted by atomic mass is 10.3. The van der Waals surface area contributed by atoms with Crippen LogP contribution in [0.3, 0.4) is 0 Å². The Labute approximate surface area is 137 Å². The average molecular weight is 397 g/mol. The molecule has 0 spiro atoms. The molecule has 19 heavy (non-hydrogen) atoms. The summed E-state index contributed by atoms with van der Waals surface area (Å²) in [5, 5.41) is 6.64. The molecule has 110 valence electrons. The second-order valence-corrected chi connectivity index (χ2v) is 5.26. The van der Waals surface area contributed by atoms with E-state index in [1.54, 1.807) is 18.0 Å². The Morgan fingerprint density at radius 3 is 2.84 bits per heavy atom. The molecule has 0 aromatic carbocycles. The lowest BCUT2D eigenvalue weighted by molar-refractivity contribution is 0.506. The largest absolute Gasteiger partial charge is 0.469 e. The Hall–Kier alpha value is -0.370. The molecule has 0 saturated carbocycles. The van der Waals surface area contributed by atoms with Gasteiger partial charge >= 0.3 is 0 Å². The zero-order chi connectivity index (χ0) is 13.2. The van der Waals surface area contributed by atoms with E-state index in [4.69, 9.17) is 4.42 Å². The molecule has 0 unspecified atom stereocenters. The van der Waals surface area contributed by atoms with E-state index in [1.807, 2.05) is 12.1 Å². The summed E-state index contributed by atoms with van der Waals surface area (Å²) in [4.78, 5) is 4.52. The molecular weight excluding hydrogens is 373 g/mol. The van der Waals surface area contributed by atoms with Gasteiger partial charge in [0, 0.05) is 24.8 Å². The van der Waals surface area contributed by atoms with Crippen LogP contribution in [0.5, 0.6) is 0 Å². The first kappa shape index (κ1) is 18.6. The number of hydrogen-bond donors (Lipinski definition) is 2. The van der Waals surface area contributed by atoms with E-state index in [9.17, 15) is 0 Å². The van der Waals surface area contributed by atoms with Crippen LogP contribution in [0.1, 0.15) is 19.6 Å². The van der Waals surface area contributed by atoms with Gasteiger partial charge in [0.1, 0.15) is 5.76 Å². The van der Waals surface area contributed by atoms with E-state index >= 15 is 0 Å². The maximum Gasteiger partial charge on any atom is 0.191 e. The van der Waals surface area contributed by atoms with Crippen molar-refractivity contribution in [3.05, 3.63) is 24.2 Å². The van der Waals surface area contributed by atoms with E-state index in [0.717, 1.165) is 37.0 Å². The van der Waals surface area contributed by atoms with Crippen LogP contribution in [-0.4, -0.2) is 37.1 Å². The van der Waals surface area contributed by atoms with Crippen LogP contribution in [0, 0.1) is 0 Å². The number of furan rings is 1. The lowest BCUT2D eigenvalue weighted by Crippen LogP contribution is -2.42. The molecule has 4 nitrogen and oxygen atoms in total. The fourth-order valence-electron chi connectivity index (χ4n) is 1.43. The van der Waals surface area contributed by atoms with Gasteiger partial charge in [-0.25, -0.2) is 0 Å². The highest BCUT2D eigenvalue weighted by Gasteiger charge is 2.01. The van der Waals surface area contributed by atoms with E-state index in [1.165, 1.54) is 0 Å². The normalized spacial score (nSPS) is 11.3. The van der Waals surface area contributed by atoms with E-state index in [0.29, 0.717) is 6.04 Å². The highest BCUT2D eigenvalue weighted by Crippen LogP contribution is 1.99. The Morgan fingerprint density at radius 2 is 2.26 bits per heavy atom. The molecule has 1 aromatic heterocycles. The highest BCUT2D eigenvalue weighted by molar-refractivity contribution is 14.0. The molecule has 1 rings (SSSR count). The average Bonchev–Trinajstić information content (AvgIpc) is 2.81. The van der Waals surface area contributed by atoms with E-state index in [2.05, 4.69) is 35.7 Å². The van der Waals surface area contributed by atoms with Gasteiger partial charge in [-0.2, -0.15) is 11.8 Å². The summed E-state index contributed by atoms with van der Waals surface area (Å²) in [5.41, 5.74) is 0. The number of aliphatic imine (C=N–C) groups is 1. The fraction of sp³-hybridized carbons (Fsp3) is 0.615. The summed E-state index contributed by atoms with van der Waals surface area (Å²) in [7, 11) is 0. The number of nitrogens with one attached hydrogen (secondary N) is 2. The first-order chi connectivity index (χ1) is 8.72. The van der Waals surface area contributed by atoms with Crippen LogP contribution >= 0.6 is 35.7 Å². The maximum atomic E-state index is 5.29. The lowest BCUT2D eigenvalue weighted by Gasteiger charge is -2.14. The smallest absolute Gasteiger partial charge is 0.191 e. The topological polar surface area (TPSA) is 49.6 Å². The molecule has 0 radical (unpaired) electrons. The summed E-state index contributed by atoms with van der Waals surface area (Å²) in [6.07, 6.45) is 4.67. The second kappa shape index (κ2) is 11.5.